The molecule has 3 rings (SSSR count). The summed E-state index contributed by atoms with van der Waals surface area (Å²) in [6, 6.07) is 7.74. The second kappa shape index (κ2) is 6.93. The molecule has 122 valence electrons. The average Bonchev–Trinajstić information content (AvgIpc) is 3.00. The summed E-state index contributed by atoms with van der Waals surface area (Å²) in [5, 5.41) is 9.26. The molecule has 6 heteroatoms. The zero-order chi connectivity index (χ0) is 16.2. The van der Waals surface area contributed by atoms with Crippen LogP contribution in [0, 0.1) is 0 Å². The van der Waals surface area contributed by atoms with Gasteiger partial charge in [-0.2, -0.15) is 5.10 Å². The highest BCUT2D eigenvalue weighted by Gasteiger charge is 2.22. The fourth-order valence-electron chi connectivity index (χ4n) is 2.96. The number of nitrogens with one attached hydrogen (secondary N) is 2. The number of rotatable bonds is 4. The van der Waals surface area contributed by atoms with E-state index in [0.29, 0.717) is 11.3 Å². The normalized spacial score (nSPS) is 22.0. The van der Waals surface area contributed by atoms with Crippen LogP contribution in [0.4, 0.5) is 5.69 Å². The molecule has 0 bridgehead atoms. The Bertz CT molecular complexity index is 629. The van der Waals surface area contributed by atoms with Crippen molar-refractivity contribution in [2.45, 2.75) is 32.6 Å². The molecule has 2 N–H and O–H groups in total. The summed E-state index contributed by atoms with van der Waals surface area (Å²) >= 11 is 0. The number of ether oxygens (including phenoxy) is 1. The third kappa shape index (κ3) is 4.18. The minimum atomic E-state index is -0.133. The molecule has 1 aliphatic heterocycles. The third-order valence-electron chi connectivity index (χ3n) is 3.87. The Morgan fingerprint density at radius 2 is 2.00 bits per heavy atom. The zero-order valence-corrected chi connectivity index (χ0v) is 13.5. The molecule has 0 aliphatic carbocycles. The number of carbonyl (C=O) groups excluding carboxylic acids is 1. The monoisotopic (exact) mass is 314 g/mol. The first-order valence-electron chi connectivity index (χ1n) is 7.87. The van der Waals surface area contributed by atoms with E-state index in [1.54, 1.807) is 12.4 Å². The molecule has 2 unspecified atom stereocenters. The lowest BCUT2D eigenvalue weighted by molar-refractivity contribution is -0.0704. The van der Waals surface area contributed by atoms with Gasteiger partial charge in [-0.3, -0.25) is 14.8 Å². The molecule has 0 saturated carbocycles. The van der Waals surface area contributed by atoms with Gasteiger partial charge in [-0.1, -0.05) is 12.1 Å². The predicted molar refractivity (Wildman–Crippen MR) is 88.3 cm³/mol. The second-order valence-corrected chi connectivity index (χ2v) is 6.09. The van der Waals surface area contributed by atoms with Crippen molar-refractivity contribution in [2.24, 2.45) is 0 Å². The van der Waals surface area contributed by atoms with Crippen LogP contribution in [0.1, 0.15) is 29.8 Å². The number of aromatic nitrogens is 2. The minimum absolute atomic E-state index is 0.133. The number of nitrogens with zero attached hydrogens (tertiary/aromatic N) is 2. The number of hydrogen-bond donors (Lipinski definition) is 2. The van der Waals surface area contributed by atoms with Gasteiger partial charge >= 0.3 is 0 Å². The van der Waals surface area contributed by atoms with Crippen LogP contribution >= 0.6 is 0 Å². The lowest BCUT2D eigenvalue weighted by Crippen LogP contribution is -2.44. The smallest absolute Gasteiger partial charge is 0.255 e. The van der Waals surface area contributed by atoms with Crippen LogP contribution in [0.15, 0.2) is 36.7 Å². The van der Waals surface area contributed by atoms with E-state index in [0.717, 1.165) is 19.6 Å². The van der Waals surface area contributed by atoms with E-state index in [-0.39, 0.29) is 18.1 Å². The number of anilines is 1. The minimum Gasteiger partial charge on any atom is -0.373 e. The van der Waals surface area contributed by atoms with Crippen LogP contribution in [-0.2, 0) is 11.3 Å². The van der Waals surface area contributed by atoms with Gasteiger partial charge in [-0.25, -0.2) is 0 Å². The molecular formula is C17H22N4O2. The first-order valence-corrected chi connectivity index (χ1v) is 7.87. The average molecular weight is 314 g/mol. The van der Waals surface area contributed by atoms with Gasteiger partial charge in [-0.15, -0.1) is 0 Å². The van der Waals surface area contributed by atoms with Gasteiger partial charge in [-0.05, 0) is 31.5 Å². The first kappa shape index (κ1) is 15.7. The number of carbonyl (C=O) groups is 1. The van der Waals surface area contributed by atoms with Gasteiger partial charge < -0.3 is 10.1 Å². The molecule has 23 heavy (non-hydrogen) atoms. The summed E-state index contributed by atoms with van der Waals surface area (Å²) in [7, 11) is 0. The number of morpholine rings is 1. The molecule has 1 aromatic heterocycles. The predicted octanol–water partition coefficient (Wildman–Crippen LogP) is 2.27. The molecule has 6 nitrogen and oxygen atoms in total. The van der Waals surface area contributed by atoms with Gasteiger partial charge in [0.25, 0.3) is 5.91 Å². The Hall–Kier alpha value is -2.18. The van der Waals surface area contributed by atoms with Gasteiger partial charge in [0.2, 0.25) is 0 Å². The molecule has 2 aromatic rings. The summed E-state index contributed by atoms with van der Waals surface area (Å²) in [5.74, 6) is -0.133. The maximum absolute atomic E-state index is 12.1. The van der Waals surface area contributed by atoms with Crippen LogP contribution in [0.5, 0.6) is 0 Å². The fraction of sp³-hybridized carbons (Fsp3) is 0.412. The van der Waals surface area contributed by atoms with Gasteiger partial charge in [0, 0.05) is 31.4 Å². The van der Waals surface area contributed by atoms with Crippen LogP contribution in [0.25, 0.3) is 0 Å². The Morgan fingerprint density at radius 1 is 1.30 bits per heavy atom. The van der Waals surface area contributed by atoms with Crippen LogP contribution < -0.4 is 5.32 Å². The molecule has 0 radical (unpaired) electrons. The summed E-state index contributed by atoms with van der Waals surface area (Å²) in [5.41, 5.74) is 2.50. The van der Waals surface area contributed by atoms with Gasteiger partial charge in [0.1, 0.15) is 0 Å². The van der Waals surface area contributed by atoms with Crippen molar-refractivity contribution >= 4 is 11.6 Å². The molecule has 1 amide bonds. The Kier molecular flexibility index (Phi) is 4.73. The topological polar surface area (TPSA) is 70.2 Å². The van der Waals surface area contributed by atoms with E-state index in [9.17, 15) is 4.79 Å². The summed E-state index contributed by atoms with van der Waals surface area (Å²) in [4.78, 5) is 14.5. The van der Waals surface area contributed by atoms with E-state index in [2.05, 4.69) is 34.3 Å². The number of aromatic amines is 1. The van der Waals surface area contributed by atoms with Crippen molar-refractivity contribution < 1.29 is 9.53 Å². The number of hydrogen-bond acceptors (Lipinski definition) is 4. The number of H-pyrrole nitrogens is 1. The quantitative estimate of drug-likeness (QED) is 0.908. The molecule has 1 aliphatic rings. The van der Waals surface area contributed by atoms with Crippen LogP contribution in [0.2, 0.25) is 0 Å². The molecule has 1 saturated heterocycles. The highest BCUT2D eigenvalue weighted by atomic mass is 16.5. The lowest BCUT2D eigenvalue weighted by Gasteiger charge is -2.35. The van der Waals surface area contributed by atoms with E-state index in [4.69, 9.17) is 4.74 Å². The van der Waals surface area contributed by atoms with Crippen molar-refractivity contribution in [3.8, 4) is 0 Å². The van der Waals surface area contributed by atoms with Crippen molar-refractivity contribution in [3.05, 3.63) is 47.8 Å². The molecule has 2 atom stereocenters. The Labute approximate surface area is 135 Å². The summed E-state index contributed by atoms with van der Waals surface area (Å²) in [6.07, 6.45) is 3.75. The Morgan fingerprint density at radius 3 is 2.61 bits per heavy atom. The molecule has 1 aromatic carbocycles. The van der Waals surface area contributed by atoms with Crippen LogP contribution in [0.3, 0.4) is 0 Å². The highest BCUT2D eigenvalue weighted by molar-refractivity contribution is 6.04. The number of amides is 1. The van der Waals surface area contributed by atoms with Gasteiger partial charge in [0.15, 0.2) is 0 Å². The van der Waals surface area contributed by atoms with E-state index >= 15 is 0 Å². The maximum Gasteiger partial charge on any atom is 0.255 e. The highest BCUT2D eigenvalue weighted by Crippen LogP contribution is 2.15. The largest absolute Gasteiger partial charge is 0.373 e. The molecule has 2 heterocycles. The van der Waals surface area contributed by atoms with Crippen LogP contribution in [-0.4, -0.2) is 46.3 Å². The third-order valence-corrected chi connectivity index (χ3v) is 3.87. The standard InChI is InChI=1S/C17H22N4O2/c1-12-9-21(10-13(2)23-12)11-14-3-5-15(6-4-14)17(22)20-16-7-18-19-8-16/h3-8,12-13H,9-11H2,1-2H3,(H,18,19)(H,20,22). The maximum atomic E-state index is 12.1. The fourth-order valence-corrected chi connectivity index (χ4v) is 2.96. The molecule has 1 fully saturated rings. The summed E-state index contributed by atoms with van der Waals surface area (Å²) < 4.78 is 5.75. The SMILES string of the molecule is CC1CN(Cc2ccc(C(=O)Nc3cn[nH]c3)cc2)CC(C)O1. The zero-order valence-electron chi connectivity index (χ0n) is 13.5. The molecule has 0 spiro atoms. The van der Waals surface area contributed by atoms with Crippen molar-refractivity contribution in [3.63, 3.8) is 0 Å². The molecular weight excluding hydrogens is 292 g/mol. The van der Waals surface area contributed by atoms with E-state index in [1.165, 1.54) is 5.56 Å². The Balaban J connectivity index is 1.59. The van der Waals surface area contributed by atoms with Gasteiger partial charge in [0.05, 0.1) is 24.1 Å². The summed E-state index contributed by atoms with van der Waals surface area (Å²) in [6.45, 7) is 6.96. The van der Waals surface area contributed by atoms with E-state index < -0.39 is 0 Å². The van der Waals surface area contributed by atoms with E-state index in [1.807, 2.05) is 24.3 Å². The lowest BCUT2D eigenvalue weighted by atomic mass is 10.1. The van der Waals surface area contributed by atoms with Crippen molar-refractivity contribution in [1.82, 2.24) is 15.1 Å². The van der Waals surface area contributed by atoms with Crippen molar-refractivity contribution in [2.75, 3.05) is 18.4 Å². The first-order chi connectivity index (χ1) is 11.1. The number of benzene rings is 1. The second-order valence-electron chi connectivity index (χ2n) is 6.09. The van der Waals surface area contributed by atoms with Crippen molar-refractivity contribution in [1.29, 1.82) is 0 Å².